The topological polar surface area (TPSA) is 68.8 Å². The van der Waals surface area contributed by atoms with E-state index < -0.39 is 0 Å². The van der Waals surface area contributed by atoms with Crippen LogP contribution in [0.25, 0.3) is 0 Å². The number of likely N-dealkylation sites (N-methyl/N-ethyl adjacent to an activating group) is 1. The molecular formula is C20H31BrIN5O. The van der Waals surface area contributed by atoms with Crippen LogP contribution in [0.1, 0.15) is 31.2 Å². The third-order valence-electron chi connectivity index (χ3n) is 5.68. The van der Waals surface area contributed by atoms with Gasteiger partial charge in [-0.1, -0.05) is 28.1 Å². The van der Waals surface area contributed by atoms with Crippen molar-refractivity contribution in [2.75, 3.05) is 40.3 Å². The summed E-state index contributed by atoms with van der Waals surface area (Å²) in [7, 11) is 3.52. The molecule has 8 heteroatoms. The lowest BCUT2D eigenvalue weighted by atomic mass is 9.96. The summed E-state index contributed by atoms with van der Waals surface area (Å²) < 4.78 is 1.14. The minimum Gasteiger partial charge on any atom is -0.358 e. The first-order valence-corrected chi connectivity index (χ1v) is 10.5. The Morgan fingerprint density at radius 3 is 2.61 bits per heavy atom. The summed E-state index contributed by atoms with van der Waals surface area (Å²) in [5, 5.41) is 9.79. The van der Waals surface area contributed by atoms with Crippen LogP contribution in [0.15, 0.2) is 33.7 Å². The van der Waals surface area contributed by atoms with Gasteiger partial charge in [-0.3, -0.25) is 14.7 Å². The summed E-state index contributed by atoms with van der Waals surface area (Å²) in [6.45, 7) is 3.26. The van der Waals surface area contributed by atoms with E-state index in [4.69, 9.17) is 0 Å². The zero-order valence-corrected chi connectivity index (χ0v) is 20.5. The highest BCUT2D eigenvalue weighted by Crippen LogP contribution is 2.48. The van der Waals surface area contributed by atoms with E-state index in [1.54, 1.807) is 7.05 Å². The monoisotopic (exact) mass is 563 g/mol. The SMILES string of the molecule is CN=C(NCC1(c2cccc(Br)c2)CC1)NC1CCN(CC(=O)NC)CC1.I. The number of carbonyl (C=O) groups is 1. The molecule has 0 unspecified atom stereocenters. The maximum Gasteiger partial charge on any atom is 0.233 e. The zero-order chi connectivity index (χ0) is 19.3. The van der Waals surface area contributed by atoms with Crippen molar-refractivity contribution >= 4 is 51.8 Å². The number of guanidine groups is 1. The van der Waals surface area contributed by atoms with Crippen LogP contribution in [0.3, 0.4) is 0 Å². The fourth-order valence-corrected chi connectivity index (χ4v) is 4.09. The summed E-state index contributed by atoms with van der Waals surface area (Å²) in [6, 6.07) is 9.03. The Hall–Kier alpha value is -0.870. The number of piperidine rings is 1. The van der Waals surface area contributed by atoms with Gasteiger partial charge in [0.2, 0.25) is 5.91 Å². The van der Waals surface area contributed by atoms with E-state index in [1.165, 1.54) is 18.4 Å². The number of nitrogens with one attached hydrogen (secondary N) is 3. The van der Waals surface area contributed by atoms with Crippen LogP contribution in [-0.2, 0) is 10.2 Å². The van der Waals surface area contributed by atoms with E-state index >= 15 is 0 Å². The number of benzene rings is 1. The van der Waals surface area contributed by atoms with Gasteiger partial charge in [-0.25, -0.2) is 0 Å². The van der Waals surface area contributed by atoms with Crippen LogP contribution in [0.4, 0.5) is 0 Å². The summed E-state index contributed by atoms with van der Waals surface area (Å²) in [4.78, 5) is 18.1. The van der Waals surface area contributed by atoms with E-state index in [9.17, 15) is 4.79 Å². The van der Waals surface area contributed by atoms with E-state index in [-0.39, 0.29) is 35.3 Å². The molecule has 3 rings (SSSR count). The highest BCUT2D eigenvalue weighted by molar-refractivity contribution is 14.0. The fourth-order valence-electron chi connectivity index (χ4n) is 3.70. The largest absolute Gasteiger partial charge is 0.358 e. The van der Waals surface area contributed by atoms with Crippen LogP contribution in [0, 0.1) is 0 Å². The second-order valence-electron chi connectivity index (χ2n) is 7.58. The van der Waals surface area contributed by atoms with Gasteiger partial charge in [0.15, 0.2) is 5.96 Å². The predicted octanol–water partition coefficient (Wildman–Crippen LogP) is 2.47. The molecule has 0 atom stereocenters. The van der Waals surface area contributed by atoms with E-state index in [0.29, 0.717) is 12.6 Å². The van der Waals surface area contributed by atoms with Crippen molar-refractivity contribution in [3.63, 3.8) is 0 Å². The van der Waals surface area contributed by atoms with Crippen molar-refractivity contribution in [2.24, 2.45) is 4.99 Å². The number of carbonyl (C=O) groups excluding carboxylic acids is 1. The number of aliphatic imine (C=N–C) groups is 1. The van der Waals surface area contributed by atoms with Crippen molar-refractivity contribution in [3.05, 3.63) is 34.3 Å². The number of halogens is 2. The Balaban J connectivity index is 0.00000280. The van der Waals surface area contributed by atoms with Crippen LogP contribution >= 0.6 is 39.9 Å². The van der Waals surface area contributed by atoms with Gasteiger partial charge in [-0.2, -0.15) is 0 Å². The number of rotatable bonds is 6. The first-order chi connectivity index (χ1) is 13.0. The zero-order valence-electron chi connectivity index (χ0n) is 16.6. The van der Waals surface area contributed by atoms with Gasteiger partial charge in [0.1, 0.15) is 0 Å². The van der Waals surface area contributed by atoms with Gasteiger partial charge in [0, 0.05) is 49.7 Å². The Kier molecular flexibility index (Phi) is 9.01. The Labute approximate surface area is 193 Å². The van der Waals surface area contributed by atoms with Crippen molar-refractivity contribution in [2.45, 2.75) is 37.1 Å². The van der Waals surface area contributed by atoms with Gasteiger partial charge >= 0.3 is 0 Å². The van der Waals surface area contributed by atoms with Crippen molar-refractivity contribution in [1.82, 2.24) is 20.9 Å². The minimum absolute atomic E-state index is 0. The average Bonchev–Trinajstić information content (AvgIpc) is 3.47. The van der Waals surface area contributed by atoms with Gasteiger partial charge < -0.3 is 16.0 Å². The molecule has 1 aromatic carbocycles. The van der Waals surface area contributed by atoms with Crippen LogP contribution in [0.5, 0.6) is 0 Å². The van der Waals surface area contributed by atoms with Crippen LogP contribution in [-0.4, -0.2) is 63.1 Å². The molecule has 2 fully saturated rings. The summed E-state index contributed by atoms with van der Waals surface area (Å²) in [6.07, 6.45) is 4.47. The third-order valence-corrected chi connectivity index (χ3v) is 6.18. The van der Waals surface area contributed by atoms with Gasteiger partial charge in [0.25, 0.3) is 0 Å². The molecule has 0 aromatic heterocycles. The van der Waals surface area contributed by atoms with Crippen molar-refractivity contribution in [1.29, 1.82) is 0 Å². The number of likely N-dealkylation sites (tertiary alicyclic amines) is 1. The maximum atomic E-state index is 11.5. The Bertz CT molecular complexity index is 687. The van der Waals surface area contributed by atoms with Crippen molar-refractivity contribution in [3.8, 4) is 0 Å². The molecule has 1 saturated carbocycles. The molecule has 1 saturated heterocycles. The van der Waals surface area contributed by atoms with E-state index in [2.05, 4.69) is 66.0 Å². The lowest BCUT2D eigenvalue weighted by molar-refractivity contribution is -0.122. The predicted molar refractivity (Wildman–Crippen MR) is 128 cm³/mol. The first-order valence-electron chi connectivity index (χ1n) is 9.71. The number of nitrogens with zero attached hydrogens (tertiary/aromatic N) is 2. The molecule has 1 amide bonds. The molecule has 28 heavy (non-hydrogen) atoms. The first kappa shape index (κ1) is 23.4. The van der Waals surface area contributed by atoms with Crippen LogP contribution in [0.2, 0.25) is 0 Å². The lowest BCUT2D eigenvalue weighted by Gasteiger charge is -2.32. The highest BCUT2D eigenvalue weighted by Gasteiger charge is 2.44. The standard InChI is InChI=1S/C20H30BrN5O.HI/c1-22-18(27)13-26-10-6-17(7-11-26)25-19(23-2)24-14-20(8-9-20)15-4-3-5-16(21)12-15;/h3-5,12,17H,6-11,13-14H2,1-2H3,(H,22,27)(H2,23,24,25);1H. The third kappa shape index (κ3) is 6.32. The second kappa shape index (κ2) is 10.8. The number of amides is 1. The van der Waals surface area contributed by atoms with Gasteiger partial charge in [-0.05, 0) is 43.4 Å². The number of hydrogen-bond donors (Lipinski definition) is 3. The smallest absolute Gasteiger partial charge is 0.233 e. The van der Waals surface area contributed by atoms with Gasteiger partial charge in [0.05, 0.1) is 6.54 Å². The molecule has 1 heterocycles. The van der Waals surface area contributed by atoms with Gasteiger partial charge in [-0.15, -0.1) is 24.0 Å². The quantitative estimate of drug-likeness (QED) is 0.283. The van der Waals surface area contributed by atoms with Crippen LogP contribution < -0.4 is 16.0 Å². The molecule has 3 N–H and O–H groups in total. The molecule has 156 valence electrons. The maximum absolute atomic E-state index is 11.5. The Morgan fingerprint density at radius 2 is 2.04 bits per heavy atom. The normalized spacial score (nSPS) is 19.5. The summed E-state index contributed by atoms with van der Waals surface area (Å²) in [5.74, 6) is 0.960. The average molecular weight is 564 g/mol. The summed E-state index contributed by atoms with van der Waals surface area (Å²) in [5.41, 5.74) is 1.63. The van der Waals surface area contributed by atoms with E-state index in [0.717, 1.165) is 42.9 Å². The molecule has 1 aromatic rings. The van der Waals surface area contributed by atoms with E-state index in [1.807, 2.05) is 7.05 Å². The molecule has 1 aliphatic carbocycles. The molecule has 1 aliphatic heterocycles. The second-order valence-corrected chi connectivity index (χ2v) is 8.50. The lowest BCUT2D eigenvalue weighted by Crippen LogP contribution is -2.50. The number of hydrogen-bond acceptors (Lipinski definition) is 3. The summed E-state index contributed by atoms with van der Waals surface area (Å²) >= 11 is 3.58. The molecular weight excluding hydrogens is 533 g/mol. The molecule has 2 aliphatic rings. The molecule has 0 bridgehead atoms. The van der Waals surface area contributed by atoms with Crippen molar-refractivity contribution < 1.29 is 4.79 Å². The Morgan fingerprint density at radius 1 is 1.32 bits per heavy atom. The fraction of sp³-hybridized carbons (Fsp3) is 0.600. The molecule has 0 radical (unpaired) electrons. The molecule has 6 nitrogen and oxygen atoms in total. The highest BCUT2D eigenvalue weighted by atomic mass is 127. The molecule has 0 spiro atoms. The minimum atomic E-state index is 0.